The van der Waals surface area contributed by atoms with Crippen molar-refractivity contribution in [2.45, 2.75) is 16.7 Å². The number of rotatable bonds is 8. The second-order valence-corrected chi connectivity index (χ2v) is 8.27. The van der Waals surface area contributed by atoms with Crippen molar-refractivity contribution in [2.75, 3.05) is 30.8 Å². The molecule has 0 spiro atoms. The van der Waals surface area contributed by atoms with Crippen molar-refractivity contribution in [1.82, 2.24) is 0 Å². The molecule has 9 heteroatoms. The normalized spacial score (nSPS) is 11.0. The Morgan fingerprint density at radius 3 is 2.14 bits per heavy atom. The minimum absolute atomic E-state index is 0.0478. The lowest BCUT2D eigenvalue weighted by molar-refractivity contribution is -0.141. The molecule has 2 aromatic carbocycles. The van der Waals surface area contributed by atoms with Gasteiger partial charge in [-0.2, -0.15) is 0 Å². The molecule has 0 saturated carbocycles. The Morgan fingerprint density at radius 1 is 1.04 bits per heavy atom. The molecular weight excluding hydrogens is 402 g/mol. The second-order valence-electron chi connectivity index (χ2n) is 5.53. The topological polar surface area (TPSA) is 90.0 Å². The Balaban J connectivity index is 2.45. The zero-order chi connectivity index (χ0) is 20.7. The fourth-order valence-corrected chi connectivity index (χ4v) is 4.21. The van der Waals surface area contributed by atoms with Gasteiger partial charge >= 0.3 is 11.9 Å². The third-order valence-electron chi connectivity index (χ3n) is 3.80. The molecule has 150 valence electrons. The molecule has 0 unspecified atom stereocenters. The average molecular weight is 424 g/mol. The lowest BCUT2D eigenvalue weighted by Gasteiger charge is -2.24. The maximum atomic E-state index is 13.2. The van der Waals surface area contributed by atoms with Gasteiger partial charge in [0.2, 0.25) is 0 Å². The molecule has 0 amide bonds. The van der Waals surface area contributed by atoms with Crippen LogP contribution in [0.3, 0.4) is 0 Å². The summed E-state index contributed by atoms with van der Waals surface area (Å²) in [6.07, 6.45) is 1.89. The number of esters is 2. The molecular formula is C19H21NO6S2. The van der Waals surface area contributed by atoms with Crippen molar-refractivity contribution in [3.63, 3.8) is 0 Å². The van der Waals surface area contributed by atoms with Crippen LogP contribution in [0, 0.1) is 0 Å². The largest absolute Gasteiger partial charge is 0.465 e. The van der Waals surface area contributed by atoms with E-state index in [9.17, 15) is 18.0 Å². The number of nitrogens with zero attached hydrogens (tertiary/aromatic N) is 1. The monoisotopic (exact) mass is 423 g/mol. The molecule has 0 bridgehead atoms. The maximum absolute atomic E-state index is 13.2. The standard InChI is InChI=1S/C19H21NO6S2/c1-4-26-18(21)13-20(15-7-5-14(6-8-15)19(22)25-2)28(23,24)17-11-9-16(27-3)10-12-17/h5-12H,4,13H2,1-3H3. The van der Waals surface area contributed by atoms with Gasteiger partial charge in [-0.25, -0.2) is 13.2 Å². The number of carbonyl (C=O) groups is 2. The highest BCUT2D eigenvalue weighted by atomic mass is 32.2. The molecule has 0 radical (unpaired) electrons. The van der Waals surface area contributed by atoms with Crippen LogP contribution in [0.1, 0.15) is 17.3 Å². The van der Waals surface area contributed by atoms with Crippen molar-refractivity contribution in [1.29, 1.82) is 0 Å². The van der Waals surface area contributed by atoms with Gasteiger partial charge in [-0.3, -0.25) is 9.10 Å². The predicted octanol–water partition coefficient (Wildman–Crippen LogP) is 2.95. The molecule has 0 aliphatic rings. The summed E-state index contributed by atoms with van der Waals surface area (Å²) in [5, 5.41) is 0. The third kappa shape index (κ3) is 5.05. The Morgan fingerprint density at radius 2 is 1.64 bits per heavy atom. The van der Waals surface area contributed by atoms with Gasteiger partial charge in [-0.15, -0.1) is 11.8 Å². The van der Waals surface area contributed by atoms with Gasteiger partial charge in [0, 0.05) is 4.90 Å². The summed E-state index contributed by atoms with van der Waals surface area (Å²) in [6, 6.07) is 12.1. The molecule has 0 atom stereocenters. The van der Waals surface area contributed by atoms with E-state index in [1.54, 1.807) is 19.1 Å². The van der Waals surface area contributed by atoms with Crippen LogP contribution in [0.15, 0.2) is 58.3 Å². The van der Waals surface area contributed by atoms with Crippen molar-refractivity contribution >= 4 is 39.4 Å². The first-order valence-electron chi connectivity index (χ1n) is 8.34. The van der Waals surface area contributed by atoms with Crippen LogP contribution in [0.2, 0.25) is 0 Å². The molecule has 0 aliphatic carbocycles. The average Bonchev–Trinajstić information content (AvgIpc) is 2.71. The van der Waals surface area contributed by atoms with Crippen LogP contribution in [-0.4, -0.2) is 46.9 Å². The summed E-state index contributed by atoms with van der Waals surface area (Å²) in [6.45, 7) is 1.29. The smallest absolute Gasteiger partial charge is 0.337 e. The number of benzene rings is 2. The van der Waals surface area contributed by atoms with E-state index in [0.717, 1.165) is 9.20 Å². The first-order chi connectivity index (χ1) is 13.3. The zero-order valence-electron chi connectivity index (χ0n) is 15.7. The van der Waals surface area contributed by atoms with E-state index < -0.39 is 28.5 Å². The molecule has 2 rings (SSSR count). The van der Waals surface area contributed by atoms with E-state index in [0.29, 0.717) is 0 Å². The second kappa shape index (κ2) is 9.61. The van der Waals surface area contributed by atoms with Crippen LogP contribution in [0.25, 0.3) is 0 Å². The Bertz CT molecular complexity index is 924. The molecule has 0 saturated heterocycles. The van der Waals surface area contributed by atoms with Crippen LogP contribution in [0.5, 0.6) is 0 Å². The van der Waals surface area contributed by atoms with Crippen LogP contribution in [-0.2, 0) is 24.3 Å². The molecule has 7 nitrogen and oxygen atoms in total. The van der Waals surface area contributed by atoms with Gasteiger partial charge < -0.3 is 9.47 Å². The van der Waals surface area contributed by atoms with E-state index in [1.807, 2.05) is 6.26 Å². The first kappa shape index (κ1) is 21.8. The summed E-state index contributed by atoms with van der Waals surface area (Å²) in [7, 11) is -2.77. The molecule has 0 fully saturated rings. The van der Waals surface area contributed by atoms with Gasteiger partial charge in [-0.05, 0) is 61.7 Å². The number of methoxy groups -OCH3 is 1. The lowest BCUT2D eigenvalue weighted by atomic mass is 10.2. The van der Waals surface area contributed by atoms with Crippen LogP contribution < -0.4 is 4.31 Å². The number of hydrogen-bond acceptors (Lipinski definition) is 7. The number of carbonyl (C=O) groups excluding carboxylic acids is 2. The van der Waals surface area contributed by atoms with Crippen molar-refractivity contribution in [3.8, 4) is 0 Å². The summed E-state index contributed by atoms with van der Waals surface area (Å²) >= 11 is 1.49. The molecule has 0 N–H and O–H groups in total. The summed E-state index contributed by atoms with van der Waals surface area (Å²) < 4.78 is 36.9. The number of ether oxygens (including phenoxy) is 2. The van der Waals surface area contributed by atoms with E-state index in [2.05, 4.69) is 4.74 Å². The minimum Gasteiger partial charge on any atom is -0.465 e. The molecule has 2 aromatic rings. The summed E-state index contributed by atoms with van der Waals surface area (Å²) in [5.41, 5.74) is 0.499. The Kier molecular flexibility index (Phi) is 7.47. The van der Waals surface area contributed by atoms with E-state index in [1.165, 1.54) is 55.3 Å². The fourth-order valence-electron chi connectivity index (χ4n) is 2.40. The first-order valence-corrected chi connectivity index (χ1v) is 11.0. The number of hydrogen-bond donors (Lipinski definition) is 0. The quantitative estimate of drug-likeness (QED) is 0.476. The third-order valence-corrected chi connectivity index (χ3v) is 6.33. The van der Waals surface area contributed by atoms with Crippen molar-refractivity contribution in [3.05, 3.63) is 54.1 Å². The molecule has 0 heterocycles. The lowest BCUT2D eigenvalue weighted by Crippen LogP contribution is -2.36. The van der Waals surface area contributed by atoms with E-state index in [-0.39, 0.29) is 22.8 Å². The van der Waals surface area contributed by atoms with Crippen molar-refractivity contribution < 1.29 is 27.5 Å². The highest BCUT2D eigenvalue weighted by Crippen LogP contribution is 2.26. The van der Waals surface area contributed by atoms with E-state index in [4.69, 9.17) is 4.74 Å². The van der Waals surface area contributed by atoms with Crippen LogP contribution in [0.4, 0.5) is 5.69 Å². The van der Waals surface area contributed by atoms with Crippen molar-refractivity contribution in [2.24, 2.45) is 0 Å². The maximum Gasteiger partial charge on any atom is 0.337 e. The van der Waals surface area contributed by atoms with Gasteiger partial charge in [-0.1, -0.05) is 0 Å². The van der Waals surface area contributed by atoms with Gasteiger partial charge in [0.25, 0.3) is 10.0 Å². The van der Waals surface area contributed by atoms with E-state index >= 15 is 0 Å². The molecule has 28 heavy (non-hydrogen) atoms. The molecule has 0 aromatic heterocycles. The predicted molar refractivity (Wildman–Crippen MR) is 107 cm³/mol. The van der Waals surface area contributed by atoms with Gasteiger partial charge in [0.1, 0.15) is 6.54 Å². The summed E-state index contributed by atoms with van der Waals surface area (Å²) in [4.78, 5) is 24.6. The Labute approximate surface area is 168 Å². The Hall–Kier alpha value is -2.52. The number of thioether (sulfide) groups is 1. The highest BCUT2D eigenvalue weighted by molar-refractivity contribution is 7.98. The SMILES string of the molecule is CCOC(=O)CN(c1ccc(C(=O)OC)cc1)S(=O)(=O)c1ccc(SC)cc1. The highest BCUT2D eigenvalue weighted by Gasteiger charge is 2.28. The van der Waals surface area contributed by atoms with Gasteiger partial charge in [0.15, 0.2) is 0 Å². The molecule has 0 aliphatic heterocycles. The summed E-state index contributed by atoms with van der Waals surface area (Å²) in [5.74, 6) is -1.22. The van der Waals surface area contributed by atoms with Gasteiger partial charge in [0.05, 0.1) is 29.9 Å². The number of anilines is 1. The van der Waals surface area contributed by atoms with Crippen LogP contribution >= 0.6 is 11.8 Å². The fraction of sp³-hybridized carbons (Fsp3) is 0.263. The zero-order valence-corrected chi connectivity index (χ0v) is 17.4. The minimum atomic E-state index is -4.02. The number of sulfonamides is 1.